The third-order valence-corrected chi connectivity index (χ3v) is 4.88. The van der Waals surface area contributed by atoms with Gasteiger partial charge in [-0.25, -0.2) is 0 Å². The van der Waals surface area contributed by atoms with E-state index in [2.05, 4.69) is 53.5 Å². The van der Waals surface area contributed by atoms with Crippen molar-refractivity contribution in [1.82, 2.24) is 4.40 Å². The minimum atomic E-state index is 0.724. The van der Waals surface area contributed by atoms with Crippen molar-refractivity contribution in [1.29, 1.82) is 0 Å². The molecule has 136 valence electrons. The van der Waals surface area contributed by atoms with Crippen molar-refractivity contribution in [3.63, 3.8) is 0 Å². The normalized spacial score (nSPS) is 11.0. The molecule has 0 unspecified atom stereocenters. The zero-order valence-corrected chi connectivity index (χ0v) is 15.8. The van der Waals surface area contributed by atoms with E-state index in [9.17, 15) is 4.79 Å². The molecule has 26 heavy (non-hydrogen) atoms. The lowest BCUT2D eigenvalue weighted by Crippen LogP contribution is -2.25. The van der Waals surface area contributed by atoms with E-state index in [0.29, 0.717) is 0 Å². The van der Waals surface area contributed by atoms with Crippen molar-refractivity contribution in [2.75, 3.05) is 18.0 Å². The van der Waals surface area contributed by atoms with Crippen LogP contribution >= 0.6 is 0 Å². The Balaban J connectivity index is 2.14. The molecular weight excluding hydrogens is 320 g/mol. The largest absolute Gasteiger partial charge is 0.370 e. The summed E-state index contributed by atoms with van der Waals surface area (Å²) in [5.41, 5.74) is 5.43. The molecule has 0 N–H and O–H groups in total. The predicted molar refractivity (Wildman–Crippen MR) is 110 cm³/mol. The van der Waals surface area contributed by atoms with Gasteiger partial charge in [-0.1, -0.05) is 57.0 Å². The van der Waals surface area contributed by atoms with Gasteiger partial charge in [0.25, 0.3) is 0 Å². The van der Waals surface area contributed by atoms with E-state index < -0.39 is 0 Å². The maximum absolute atomic E-state index is 11.3. The number of unbranched alkanes of at least 4 members (excludes halogenated alkanes) is 2. The number of aldehydes is 1. The van der Waals surface area contributed by atoms with Gasteiger partial charge in [-0.3, -0.25) is 4.79 Å². The van der Waals surface area contributed by atoms with Gasteiger partial charge in [0.15, 0.2) is 0 Å². The fourth-order valence-corrected chi connectivity index (χ4v) is 3.41. The number of hydrogen-bond donors (Lipinski definition) is 0. The molecule has 2 heterocycles. The molecule has 2 aromatic heterocycles. The SMILES string of the molecule is CCCCN(CCCC)c1cc(-c2ccccc2)n2ccc(C=O)cc12. The summed E-state index contributed by atoms with van der Waals surface area (Å²) in [6.07, 6.45) is 7.66. The smallest absolute Gasteiger partial charge is 0.150 e. The zero-order chi connectivity index (χ0) is 18.4. The van der Waals surface area contributed by atoms with E-state index >= 15 is 0 Å². The number of aromatic nitrogens is 1. The Hall–Kier alpha value is -2.55. The van der Waals surface area contributed by atoms with E-state index in [4.69, 9.17) is 0 Å². The van der Waals surface area contributed by atoms with Crippen molar-refractivity contribution < 1.29 is 4.79 Å². The third kappa shape index (κ3) is 3.82. The molecule has 3 nitrogen and oxygen atoms in total. The third-order valence-electron chi connectivity index (χ3n) is 4.88. The van der Waals surface area contributed by atoms with Crippen molar-refractivity contribution in [3.8, 4) is 11.3 Å². The highest BCUT2D eigenvalue weighted by Crippen LogP contribution is 2.33. The van der Waals surface area contributed by atoms with Crippen molar-refractivity contribution in [2.45, 2.75) is 39.5 Å². The van der Waals surface area contributed by atoms with Gasteiger partial charge in [-0.05, 0) is 36.6 Å². The van der Waals surface area contributed by atoms with Crippen LogP contribution in [0.15, 0.2) is 54.7 Å². The molecule has 0 saturated carbocycles. The summed E-state index contributed by atoms with van der Waals surface area (Å²) < 4.78 is 2.21. The highest BCUT2D eigenvalue weighted by molar-refractivity contribution is 5.87. The van der Waals surface area contributed by atoms with Gasteiger partial charge in [0, 0.05) is 24.8 Å². The maximum atomic E-state index is 11.3. The second-order valence-electron chi connectivity index (χ2n) is 6.81. The number of carbonyl (C=O) groups is 1. The molecule has 3 rings (SSSR count). The van der Waals surface area contributed by atoms with E-state index in [1.54, 1.807) is 0 Å². The molecule has 3 heteroatoms. The molecule has 0 saturated heterocycles. The average Bonchev–Trinajstić information content (AvgIpc) is 3.07. The molecule has 0 radical (unpaired) electrons. The molecule has 0 aliphatic rings. The van der Waals surface area contributed by atoms with Crippen LogP contribution in [0.1, 0.15) is 49.9 Å². The van der Waals surface area contributed by atoms with Crippen LogP contribution in [0, 0.1) is 0 Å². The quantitative estimate of drug-likeness (QED) is 0.455. The first-order chi connectivity index (χ1) is 12.8. The van der Waals surface area contributed by atoms with Gasteiger partial charge in [-0.15, -0.1) is 0 Å². The number of fused-ring (bicyclic) bond motifs is 1. The predicted octanol–water partition coefficient (Wildman–Crippen LogP) is 5.83. The molecule has 0 fully saturated rings. The molecule has 0 spiro atoms. The van der Waals surface area contributed by atoms with E-state index in [-0.39, 0.29) is 0 Å². The summed E-state index contributed by atoms with van der Waals surface area (Å²) >= 11 is 0. The Bertz CT molecular complexity index is 843. The van der Waals surface area contributed by atoms with Gasteiger partial charge in [0.05, 0.1) is 16.9 Å². The topological polar surface area (TPSA) is 24.7 Å². The molecule has 1 aromatic carbocycles. The molecule has 0 aliphatic heterocycles. The van der Waals surface area contributed by atoms with Crippen molar-refractivity contribution in [3.05, 3.63) is 60.3 Å². The first-order valence-electron chi connectivity index (χ1n) is 9.69. The average molecular weight is 348 g/mol. The molecule has 3 aromatic rings. The number of nitrogens with zero attached hydrogens (tertiary/aromatic N) is 2. The maximum Gasteiger partial charge on any atom is 0.150 e. The zero-order valence-electron chi connectivity index (χ0n) is 15.8. The highest BCUT2D eigenvalue weighted by Gasteiger charge is 2.16. The van der Waals surface area contributed by atoms with Crippen LogP contribution in [0.5, 0.6) is 0 Å². The molecule has 0 bridgehead atoms. The second-order valence-corrected chi connectivity index (χ2v) is 6.81. The van der Waals surface area contributed by atoms with Crippen LogP contribution in [0.2, 0.25) is 0 Å². The highest BCUT2D eigenvalue weighted by atomic mass is 16.1. The molecule has 0 atom stereocenters. The Morgan fingerprint density at radius 1 is 0.962 bits per heavy atom. The number of anilines is 1. The minimum absolute atomic E-state index is 0.724. The summed E-state index contributed by atoms with van der Waals surface area (Å²) in [5, 5.41) is 0. The molecular formula is C23H28N2O. The first kappa shape index (κ1) is 18.2. The van der Waals surface area contributed by atoms with Gasteiger partial charge in [-0.2, -0.15) is 0 Å². The number of carbonyl (C=O) groups excluding carboxylic acids is 1. The summed E-state index contributed by atoms with van der Waals surface area (Å²) in [5.74, 6) is 0. The first-order valence-corrected chi connectivity index (χ1v) is 9.69. The fourth-order valence-electron chi connectivity index (χ4n) is 3.41. The van der Waals surface area contributed by atoms with Crippen LogP contribution in [0.4, 0.5) is 5.69 Å². The summed E-state index contributed by atoms with van der Waals surface area (Å²) in [4.78, 5) is 13.8. The fraction of sp³-hybridized carbons (Fsp3) is 0.348. The Morgan fingerprint density at radius 2 is 1.65 bits per heavy atom. The Morgan fingerprint density at radius 3 is 2.27 bits per heavy atom. The lowest BCUT2D eigenvalue weighted by atomic mass is 10.1. The van der Waals surface area contributed by atoms with Gasteiger partial charge in [0.2, 0.25) is 0 Å². The van der Waals surface area contributed by atoms with E-state index in [0.717, 1.165) is 30.5 Å². The summed E-state index contributed by atoms with van der Waals surface area (Å²) in [6.45, 7) is 6.57. The van der Waals surface area contributed by atoms with Crippen molar-refractivity contribution >= 4 is 17.5 Å². The van der Waals surface area contributed by atoms with Crippen LogP contribution in [0.25, 0.3) is 16.8 Å². The Labute approximate surface area is 156 Å². The van der Waals surface area contributed by atoms with Gasteiger partial charge >= 0.3 is 0 Å². The second kappa shape index (κ2) is 8.70. The lowest BCUT2D eigenvalue weighted by Gasteiger charge is -2.24. The standard InChI is InChI=1S/C23H28N2O/c1-3-5-13-24(14-6-4-2)22-17-21(20-10-8-7-9-11-20)25-15-12-19(18-26)16-23(22)25/h7-12,15-18H,3-6,13-14H2,1-2H3. The molecule has 0 amide bonds. The van der Waals surface area contributed by atoms with E-state index in [1.165, 1.54) is 42.6 Å². The minimum Gasteiger partial charge on any atom is -0.370 e. The molecule has 0 aliphatic carbocycles. The summed E-state index contributed by atoms with van der Waals surface area (Å²) in [7, 11) is 0. The lowest BCUT2D eigenvalue weighted by molar-refractivity contribution is 0.112. The van der Waals surface area contributed by atoms with Gasteiger partial charge < -0.3 is 9.30 Å². The summed E-state index contributed by atoms with van der Waals surface area (Å²) in [6, 6.07) is 16.6. The Kier molecular flexibility index (Phi) is 6.11. The number of hydrogen-bond acceptors (Lipinski definition) is 2. The number of pyridine rings is 1. The van der Waals surface area contributed by atoms with Crippen molar-refractivity contribution in [2.24, 2.45) is 0 Å². The monoisotopic (exact) mass is 348 g/mol. The van der Waals surface area contributed by atoms with E-state index in [1.807, 2.05) is 24.4 Å². The van der Waals surface area contributed by atoms with Crippen LogP contribution < -0.4 is 4.90 Å². The van der Waals surface area contributed by atoms with Crippen LogP contribution in [-0.2, 0) is 0 Å². The van der Waals surface area contributed by atoms with Gasteiger partial charge in [0.1, 0.15) is 6.29 Å². The number of benzene rings is 1. The van der Waals surface area contributed by atoms with Crippen LogP contribution in [-0.4, -0.2) is 23.8 Å². The van der Waals surface area contributed by atoms with Crippen LogP contribution in [0.3, 0.4) is 0 Å². The number of rotatable bonds is 9.